The normalized spacial score (nSPS) is 21.7. The number of fused-ring (bicyclic) bond motifs is 1. The third kappa shape index (κ3) is 1.49. The number of allylic oxidation sites excluding steroid dienone is 2. The molecule has 0 aliphatic heterocycles. The molecule has 0 saturated heterocycles. The number of hydrogen-bond acceptors (Lipinski definition) is 2. The van der Waals surface area contributed by atoms with E-state index in [4.69, 9.17) is 4.42 Å². The highest BCUT2D eigenvalue weighted by Gasteiger charge is 2.28. The van der Waals surface area contributed by atoms with Crippen molar-refractivity contribution in [1.82, 2.24) is 4.98 Å². The first-order valence-electron chi connectivity index (χ1n) is 5.13. The van der Waals surface area contributed by atoms with Crippen LogP contribution in [-0.4, -0.2) is 4.98 Å². The fourth-order valence-corrected chi connectivity index (χ4v) is 1.96. The lowest BCUT2D eigenvalue weighted by Gasteiger charge is -2.26. The van der Waals surface area contributed by atoms with E-state index in [1.807, 2.05) is 0 Å². The van der Waals surface area contributed by atoms with Crippen LogP contribution in [0.5, 0.6) is 0 Å². The minimum absolute atomic E-state index is 0.153. The summed E-state index contributed by atoms with van der Waals surface area (Å²) in [6.45, 7) is 8.87. The summed E-state index contributed by atoms with van der Waals surface area (Å²) in [6.07, 6.45) is 4.86. The minimum Gasteiger partial charge on any atom is -0.448 e. The summed E-state index contributed by atoms with van der Waals surface area (Å²) in [5, 5.41) is 0. The van der Waals surface area contributed by atoms with E-state index in [0.717, 1.165) is 17.9 Å². The number of oxazole rings is 1. The largest absolute Gasteiger partial charge is 0.448 e. The zero-order valence-corrected chi connectivity index (χ0v) is 9.29. The van der Waals surface area contributed by atoms with Gasteiger partial charge in [0.25, 0.3) is 0 Å². The summed E-state index contributed by atoms with van der Waals surface area (Å²) in [4.78, 5) is 4.30. The zero-order chi connectivity index (χ0) is 10.3. The van der Waals surface area contributed by atoms with Crippen molar-refractivity contribution in [2.75, 3.05) is 0 Å². The maximum Gasteiger partial charge on any atom is 0.181 e. The van der Waals surface area contributed by atoms with Crippen molar-refractivity contribution in [3.63, 3.8) is 0 Å². The number of rotatable bonds is 0. The summed E-state index contributed by atoms with van der Waals surface area (Å²) in [5.41, 5.74) is 2.54. The first-order valence-corrected chi connectivity index (χ1v) is 5.13. The molecule has 0 N–H and O–H groups in total. The van der Waals surface area contributed by atoms with Gasteiger partial charge >= 0.3 is 0 Å². The second-order valence-corrected chi connectivity index (χ2v) is 5.14. The SMILES string of the molecule is CC1C=C(C(C)(C)C)c2ncoc2C1. The fraction of sp³-hybridized carbons (Fsp3) is 0.583. The zero-order valence-electron chi connectivity index (χ0n) is 9.29. The smallest absolute Gasteiger partial charge is 0.181 e. The quantitative estimate of drug-likeness (QED) is 0.629. The second-order valence-electron chi connectivity index (χ2n) is 5.14. The van der Waals surface area contributed by atoms with E-state index in [9.17, 15) is 0 Å². The van der Waals surface area contributed by atoms with Crippen LogP contribution in [0.3, 0.4) is 0 Å². The van der Waals surface area contributed by atoms with Gasteiger partial charge in [-0.15, -0.1) is 0 Å². The summed E-state index contributed by atoms with van der Waals surface area (Å²) in [5.74, 6) is 1.61. The van der Waals surface area contributed by atoms with Crippen LogP contribution in [0.25, 0.3) is 5.57 Å². The number of nitrogens with zero attached hydrogens (tertiary/aromatic N) is 1. The summed E-state index contributed by atoms with van der Waals surface area (Å²) < 4.78 is 5.40. The van der Waals surface area contributed by atoms with E-state index in [1.165, 1.54) is 5.57 Å². The molecule has 0 bridgehead atoms. The maximum atomic E-state index is 5.40. The lowest BCUT2D eigenvalue weighted by Crippen LogP contribution is -2.16. The number of hydrogen-bond donors (Lipinski definition) is 0. The monoisotopic (exact) mass is 191 g/mol. The van der Waals surface area contributed by atoms with Gasteiger partial charge in [-0.1, -0.05) is 33.8 Å². The molecule has 1 unspecified atom stereocenters. The van der Waals surface area contributed by atoms with Crippen molar-refractivity contribution < 1.29 is 4.42 Å². The van der Waals surface area contributed by atoms with Crippen LogP contribution in [0.2, 0.25) is 0 Å². The van der Waals surface area contributed by atoms with Crippen molar-refractivity contribution in [2.45, 2.75) is 34.1 Å². The van der Waals surface area contributed by atoms with E-state index in [-0.39, 0.29) is 5.41 Å². The maximum absolute atomic E-state index is 5.40. The molecule has 0 radical (unpaired) electrons. The molecule has 1 aliphatic carbocycles. The predicted molar refractivity (Wildman–Crippen MR) is 56.8 cm³/mol. The Balaban J connectivity index is 2.50. The second kappa shape index (κ2) is 2.97. The van der Waals surface area contributed by atoms with Gasteiger partial charge in [-0.05, 0) is 16.9 Å². The predicted octanol–water partition coefficient (Wildman–Crippen LogP) is 3.30. The molecule has 1 atom stereocenters. The average Bonchev–Trinajstić information content (AvgIpc) is 2.47. The van der Waals surface area contributed by atoms with Crippen LogP contribution in [0.1, 0.15) is 39.1 Å². The standard InChI is InChI=1S/C12H17NO/c1-8-5-9(12(2,3)4)11-10(6-8)14-7-13-11/h5,7-8H,6H2,1-4H3. The molecule has 1 aromatic rings. The Morgan fingerprint density at radius 3 is 2.79 bits per heavy atom. The molecule has 0 aromatic carbocycles. The molecule has 0 amide bonds. The van der Waals surface area contributed by atoms with Crippen molar-refractivity contribution in [3.8, 4) is 0 Å². The van der Waals surface area contributed by atoms with Gasteiger partial charge in [0, 0.05) is 6.42 Å². The first kappa shape index (κ1) is 9.50. The summed E-state index contributed by atoms with van der Waals surface area (Å²) in [7, 11) is 0. The highest BCUT2D eigenvalue weighted by molar-refractivity contribution is 5.69. The Hall–Kier alpha value is -1.05. The Morgan fingerprint density at radius 1 is 1.43 bits per heavy atom. The summed E-state index contributed by atoms with van der Waals surface area (Å²) in [6, 6.07) is 0. The molecule has 0 saturated carbocycles. The number of aromatic nitrogens is 1. The Bertz CT molecular complexity index is 368. The lowest BCUT2D eigenvalue weighted by atomic mass is 9.78. The van der Waals surface area contributed by atoms with Crippen molar-refractivity contribution in [2.24, 2.45) is 11.3 Å². The van der Waals surface area contributed by atoms with E-state index in [1.54, 1.807) is 6.39 Å². The van der Waals surface area contributed by atoms with Crippen molar-refractivity contribution in [1.29, 1.82) is 0 Å². The summed E-state index contributed by atoms with van der Waals surface area (Å²) >= 11 is 0. The molecule has 1 heterocycles. The van der Waals surface area contributed by atoms with Gasteiger partial charge in [0.2, 0.25) is 0 Å². The van der Waals surface area contributed by atoms with Crippen molar-refractivity contribution in [3.05, 3.63) is 23.9 Å². The van der Waals surface area contributed by atoms with Gasteiger partial charge in [0.1, 0.15) is 11.5 Å². The van der Waals surface area contributed by atoms with Crippen LogP contribution in [-0.2, 0) is 6.42 Å². The molecule has 1 aliphatic rings. The average molecular weight is 191 g/mol. The Morgan fingerprint density at radius 2 is 2.14 bits per heavy atom. The molecule has 2 heteroatoms. The molecule has 1 aromatic heterocycles. The minimum atomic E-state index is 0.153. The van der Waals surface area contributed by atoms with Gasteiger partial charge in [0.15, 0.2) is 6.39 Å². The molecule has 76 valence electrons. The van der Waals surface area contributed by atoms with Crippen LogP contribution in [0, 0.1) is 11.3 Å². The first-order chi connectivity index (χ1) is 6.48. The van der Waals surface area contributed by atoms with Gasteiger partial charge in [-0.2, -0.15) is 0 Å². The van der Waals surface area contributed by atoms with E-state index in [2.05, 4.69) is 38.8 Å². The van der Waals surface area contributed by atoms with E-state index < -0.39 is 0 Å². The van der Waals surface area contributed by atoms with Crippen LogP contribution in [0.15, 0.2) is 16.9 Å². The van der Waals surface area contributed by atoms with Crippen LogP contribution < -0.4 is 0 Å². The van der Waals surface area contributed by atoms with E-state index >= 15 is 0 Å². The van der Waals surface area contributed by atoms with Gasteiger partial charge in [-0.25, -0.2) is 4.98 Å². The van der Waals surface area contributed by atoms with Crippen LogP contribution in [0.4, 0.5) is 0 Å². The molecule has 14 heavy (non-hydrogen) atoms. The van der Waals surface area contributed by atoms with Gasteiger partial charge in [-0.3, -0.25) is 0 Å². The topological polar surface area (TPSA) is 26.0 Å². The lowest BCUT2D eigenvalue weighted by molar-refractivity contribution is 0.470. The highest BCUT2D eigenvalue weighted by Crippen LogP contribution is 2.39. The third-order valence-corrected chi connectivity index (χ3v) is 2.66. The highest BCUT2D eigenvalue weighted by atomic mass is 16.3. The molecule has 0 fully saturated rings. The van der Waals surface area contributed by atoms with Crippen LogP contribution >= 0.6 is 0 Å². The van der Waals surface area contributed by atoms with Gasteiger partial charge < -0.3 is 4.42 Å². The molecular weight excluding hydrogens is 174 g/mol. The third-order valence-electron chi connectivity index (χ3n) is 2.66. The molecule has 2 nitrogen and oxygen atoms in total. The molecular formula is C12H17NO. The van der Waals surface area contributed by atoms with E-state index in [0.29, 0.717) is 5.92 Å². The van der Waals surface area contributed by atoms with Gasteiger partial charge in [0.05, 0.1) is 0 Å². The Labute approximate surface area is 85.0 Å². The Kier molecular flexibility index (Phi) is 2.02. The molecule has 0 spiro atoms. The fourth-order valence-electron chi connectivity index (χ4n) is 1.96. The molecule has 2 rings (SSSR count). The van der Waals surface area contributed by atoms with Crippen molar-refractivity contribution >= 4 is 5.57 Å².